The zero-order valence-corrected chi connectivity index (χ0v) is 20.1. The van der Waals surface area contributed by atoms with Gasteiger partial charge in [-0.1, -0.05) is 110 Å². The lowest BCUT2D eigenvalue weighted by Gasteiger charge is -2.08. The molecule has 0 aromatic carbocycles. The van der Waals surface area contributed by atoms with Crippen LogP contribution in [0.3, 0.4) is 0 Å². The predicted octanol–water partition coefficient (Wildman–Crippen LogP) is 6.67. The molecular weight excluding hydrogens is 374 g/mol. The Morgan fingerprint density at radius 1 is 0.667 bits per heavy atom. The van der Waals surface area contributed by atoms with Gasteiger partial charge in [0.2, 0.25) is 5.91 Å². The molecule has 3 N–H and O–H groups in total. The SMILES string of the molecule is CCCCCCCC(=O)NCCCCCCCCCCCCCCCC(O)CCO. The van der Waals surface area contributed by atoms with Gasteiger partial charge in [0.25, 0.3) is 0 Å². The van der Waals surface area contributed by atoms with Gasteiger partial charge in [0.15, 0.2) is 0 Å². The van der Waals surface area contributed by atoms with Gasteiger partial charge < -0.3 is 15.5 Å². The van der Waals surface area contributed by atoms with E-state index in [1.807, 2.05) is 0 Å². The highest BCUT2D eigenvalue weighted by atomic mass is 16.3. The van der Waals surface area contributed by atoms with Gasteiger partial charge in [-0.15, -0.1) is 0 Å². The van der Waals surface area contributed by atoms with Gasteiger partial charge in [-0.05, 0) is 25.7 Å². The highest BCUT2D eigenvalue weighted by Gasteiger charge is 2.02. The first-order chi connectivity index (χ1) is 14.7. The van der Waals surface area contributed by atoms with Crippen molar-refractivity contribution in [3.8, 4) is 0 Å². The molecule has 0 aliphatic heterocycles. The van der Waals surface area contributed by atoms with E-state index in [4.69, 9.17) is 5.11 Å². The summed E-state index contributed by atoms with van der Waals surface area (Å²) >= 11 is 0. The van der Waals surface area contributed by atoms with Gasteiger partial charge in [0.05, 0.1) is 6.10 Å². The zero-order valence-electron chi connectivity index (χ0n) is 20.1. The first kappa shape index (κ1) is 29.4. The maximum absolute atomic E-state index is 11.7. The third-order valence-corrected chi connectivity index (χ3v) is 6.01. The number of carbonyl (C=O) groups excluding carboxylic acids is 1. The lowest BCUT2D eigenvalue weighted by Crippen LogP contribution is -2.23. The Labute approximate surface area is 187 Å². The number of aliphatic hydroxyl groups is 2. The monoisotopic (exact) mass is 427 g/mol. The number of carbonyl (C=O) groups is 1. The molecule has 1 unspecified atom stereocenters. The largest absolute Gasteiger partial charge is 0.396 e. The van der Waals surface area contributed by atoms with Crippen LogP contribution >= 0.6 is 0 Å². The molecule has 0 spiro atoms. The Bertz CT molecular complexity index is 349. The standard InChI is InChI=1S/C26H53NO3/c1-2-3-4-14-18-21-26(30)27-23-19-16-13-11-9-7-5-6-8-10-12-15-17-20-25(29)22-24-28/h25,28-29H,2-24H2,1H3,(H,27,30). The highest BCUT2D eigenvalue weighted by molar-refractivity contribution is 5.75. The molecule has 0 bridgehead atoms. The molecule has 0 rings (SSSR count). The fourth-order valence-electron chi connectivity index (χ4n) is 3.95. The van der Waals surface area contributed by atoms with E-state index in [-0.39, 0.29) is 18.6 Å². The molecule has 0 fully saturated rings. The van der Waals surface area contributed by atoms with Gasteiger partial charge in [-0.3, -0.25) is 4.79 Å². The number of aliphatic hydroxyl groups excluding tert-OH is 2. The molecule has 0 aromatic heterocycles. The summed E-state index contributed by atoms with van der Waals surface area (Å²) < 4.78 is 0. The summed E-state index contributed by atoms with van der Waals surface area (Å²) in [4.78, 5) is 11.7. The summed E-state index contributed by atoms with van der Waals surface area (Å²) in [5.74, 6) is 0.241. The molecule has 4 heteroatoms. The summed E-state index contributed by atoms with van der Waals surface area (Å²) in [5.41, 5.74) is 0. The predicted molar refractivity (Wildman–Crippen MR) is 129 cm³/mol. The number of rotatable bonds is 24. The van der Waals surface area contributed by atoms with Crippen molar-refractivity contribution >= 4 is 5.91 Å². The van der Waals surface area contributed by atoms with Crippen molar-refractivity contribution in [2.24, 2.45) is 0 Å². The van der Waals surface area contributed by atoms with E-state index in [1.165, 1.54) is 96.3 Å². The second-order valence-corrected chi connectivity index (χ2v) is 9.07. The van der Waals surface area contributed by atoms with Crippen LogP contribution in [0.15, 0.2) is 0 Å². The Morgan fingerprint density at radius 3 is 1.67 bits per heavy atom. The van der Waals surface area contributed by atoms with Gasteiger partial charge in [-0.2, -0.15) is 0 Å². The Morgan fingerprint density at radius 2 is 1.13 bits per heavy atom. The van der Waals surface area contributed by atoms with E-state index in [1.54, 1.807) is 0 Å². The number of amides is 1. The van der Waals surface area contributed by atoms with E-state index in [2.05, 4.69) is 12.2 Å². The van der Waals surface area contributed by atoms with Crippen LogP contribution in [0.4, 0.5) is 0 Å². The van der Waals surface area contributed by atoms with Gasteiger partial charge in [0, 0.05) is 19.6 Å². The zero-order chi connectivity index (χ0) is 22.1. The third-order valence-electron chi connectivity index (χ3n) is 6.01. The summed E-state index contributed by atoms with van der Waals surface area (Å²) in [5, 5.41) is 21.4. The van der Waals surface area contributed by atoms with Crippen molar-refractivity contribution in [3.63, 3.8) is 0 Å². The molecule has 0 heterocycles. The van der Waals surface area contributed by atoms with Crippen molar-refractivity contribution in [1.82, 2.24) is 5.32 Å². The minimum absolute atomic E-state index is 0.0959. The van der Waals surface area contributed by atoms with E-state index >= 15 is 0 Å². The molecule has 0 aromatic rings. The van der Waals surface area contributed by atoms with Crippen molar-refractivity contribution < 1.29 is 15.0 Å². The molecule has 0 saturated heterocycles. The van der Waals surface area contributed by atoms with Gasteiger partial charge in [-0.25, -0.2) is 0 Å². The topological polar surface area (TPSA) is 69.6 Å². The van der Waals surface area contributed by atoms with Crippen molar-refractivity contribution in [2.75, 3.05) is 13.2 Å². The molecule has 0 aliphatic carbocycles. The molecule has 0 saturated carbocycles. The molecule has 180 valence electrons. The average molecular weight is 428 g/mol. The van der Waals surface area contributed by atoms with E-state index in [0.29, 0.717) is 12.8 Å². The smallest absolute Gasteiger partial charge is 0.219 e. The van der Waals surface area contributed by atoms with Crippen LogP contribution in [0.5, 0.6) is 0 Å². The molecule has 1 amide bonds. The number of unbranched alkanes of at least 4 members (excludes halogenated alkanes) is 16. The van der Waals surface area contributed by atoms with Crippen molar-refractivity contribution in [1.29, 1.82) is 0 Å². The molecule has 1 atom stereocenters. The molecule has 4 nitrogen and oxygen atoms in total. The Kier molecular flexibility index (Phi) is 24.2. The van der Waals surface area contributed by atoms with E-state index in [9.17, 15) is 9.90 Å². The van der Waals surface area contributed by atoms with E-state index in [0.717, 1.165) is 32.2 Å². The normalized spacial score (nSPS) is 12.2. The highest BCUT2D eigenvalue weighted by Crippen LogP contribution is 2.14. The molecule has 0 aliphatic rings. The van der Waals surface area contributed by atoms with Gasteiger partial charge >= 0.3 is 0 Å². The van der Waals surface area contributed by atoms with Crippen LogP contribution in [0, 0.1) is 0 Å². The second kappa shape index (κ2) is 24.7. The average Bonchev–Trinajstić information content (AvgIpc) is 2.73. The third kappa shape index (κ3) is 23.7. The number of hydrogen-bond donors (Lipinski definition) is 3. The number of hydrogen-bond acceptors (Lipinski definition) is 3. The van der Waals surface area contributed by atoms with Crippen molar-refractivity contribution in [2.45, 2.75) is 148 Å². The fraction of sp³-hybridized carbons (Fsp3) is 0.962. The second-order valence-electron chi connectivity index (χ2n) is 9.07. The summed E-state index contributed by atoms with van der Waals surface area (Å²) in [6.07, 6.45) is 24.5. The maximum Gasteiger partial charge on any atom is 0.219 e. The minimum Gasteiger partial charge on any atom is -0.396 e. The number of nitrogens with one attached hydrogen (secondary N) is 1. The lowest BCUT2D eigenvalue weighted by molar-refractivity contribution is -0.121. The van der Waals surface area contributed by atoms with Crippen LogP contribution in [0.1, 0.15) is 142 Å². The quantitative estimate of drug-likeness (QED) is 0.151. The van der Waals surface area contributed by atoms with E-state index < -0.39 is 0 Å². The Balaban J connectivity index is 3.13. The summed E-state index contributed by atoms with van der Waals surface area (Å²) in [6, 6.07) is 0. The van der Waals surface area contributed by atoms with Crippen LogP contribution in [-0.2, 0) is 4.79 Å². The van der Waals surface area contributed by atoms with Crippen molar-refractivity contribution in [3.05, 3.63) is 0 Å². The summed E-state index contributed by atoms with van der Waals surface area (Å²) in [7, 11) is 0. The first-order valence-electron chi connectivity index (χ1n) is 13.3. The van der Waals surface area contributed by atoms with Crippen LogP contribution < -0.4 is 5.32 Å². The van der Waals surface area contributed by atoms with Gasteiger partial charge in [0.1, 0.15) is 0 Å². The fourth-order valence-corrected chi connectivity index (χ4v) is 3.95. The van der Waals surface area contributed by atoms with Crippen LogP contribution in [-0.4, -0.2) is 35.4 Å². The first-order valence-corrected chi connectivity index (χ1v) is 13.3. The summed E-state index contributed by atoms with van der Waals surface area (Å²) in [6.45, 7) is 3.17. The molecule has 0 radical (unpaired) electrons. The molecule has 30 heavy (non-hydrogen) atoms. The van der Waals surface area contributed by atoms with Crippen LogP contribution in [0.25, 0.3) is 0 Å². The lowest BCUT2D eigenvalue weighted by atomic mass is 10.0. The Hall–Kier alpha value is -0.610. The molecular formula is C26H53NO3. The minimum atomic E-state index is -0.307. The maximum atomic E-state index is 11.7. The van der Waals surface area contributed by atoms with Crippen LogP contribution in [0.2, 0.25) is 0 Å².